The summed E-state index contributed by atoms with van der Waals surface area (Å²) in [5.41, 5.74) is 7.47. The molecule has 0 aromatic rings. The molecular formula is C20H29NO2. The summed E-state index contributed by atoms with van der Waals surface area (Å²) in [5.74, 6) is 2.41. The lowest BCUT2D eigenvalue weighted by Crippen LogP contribution is -2.51. The van der Waals surface area contributed by atoms with Gasteiger partial charge in [-0.1, -0.05) is 25.5 Å². The van der Waals surface area contributed by atoms with E-state index in [0.29, 0.717) is 30.0 Å². The quantitative estimate of drug-likeness (QED) is 0.751. The number of allylic oxidation sites excluding steroid dienone is 2. The molecule has 3 fully saturated rings. The number of ketones is 1. The maximum absolute atomic E-state index is 11.9. The van der Waals surface area contributed by atoms with Gasteiger partial charge in [0, 0.05) is 18.8 Å². The van der Waals surface area contributed by atoms with Crippen LogP contribution in [-0.4, -0.2) is 11.7 Å². The van der Waals surface area contributed by atoms with E-state index < -0.39 is 0 Å². The van der Waals surface area contributed by atoms with Crippen molar-refractivity contribution in [2.75, 3.05) is 0 Å². The Balaban J connectivity index is 1.67. The molecule has 0 heterocycles. The number of rotatable bonds is 1. The summed E-state index contributed by atoms with van der Waals surface area (Å²) in [6, 6.07) is 0. The molecule has 4 rings (SSSR count). The van der Waals surface area contributed by atoms with E-state index in [-0.39, 0.29) is 22.7 Å². The molecule has 3 nitrogen and oxygen atoms in total. The Morgan fingerprint density at radius 1 is 1.17 bits per heavy atom. The van der Waals surface area contributed by atoms with Gasteiger partial charge in [-0.2, -0.15) is 0 Å². The summed E-state index contributed by atoms with van der Waals surface area (Å²) in [7, 11) is 0. The van der Waals surface area contributed by atoms with Crippen molar-refractivity contribution in [2.45, 2.75) is 65.2 Å². The van der Waals surface area contributed by atoms with Gasteiger partial charge in [-0.15, -0.1) is 0 Å². The highest BCUT2D eigenvalue weighted by Crippen LogP contribution is 2.65. The molecular weight excluding hydrogens is 286 g/mol. The number of nitrogens with two attached hydrogens (primary N) is 1. The van der Waals surface area contributed by atoms with E-state index in [1.807, 2.05) is 0 Å². The van der Waals surface area contributed by atoms with Crippen LogP contribution in [0.3, 0.4) is 0 Å². The zero-order valence-corrected chi connectivity index (χ0v) is 14.4. The summed E-state index contributed by atoms with van der Waals surface area (Å²) in [4.78, 5) is 23.8. The van der Waals surface area contributed by atoms with Gasteiger partial charge < -0.3 is 5.73 Å². The summed E-state index contributed by atoms with van der Waals surface area (Å²) in [5, 5.41) is 0. The lowest BCUT2D eigenvalue weighted by molar-refractivity contribution is -0.129. The zero-order valence-electron chi connectivity index (χ0n) is 14.4. The zero-order chi connectivity index (χ0) is 16.4. The molecule has 1 amide bonds. The molecule has 3 heteroatoms. The van der Waals surface area contributed by atoms with E-state index >= 15 is 0 Å². The smallest absolute Gasteiger partial charge is 0.221 e. The third kappa shape index (κ3) is 2.01. The molecule has 126 valence electrons. The minimum atomic E-state index is -0.0880. The second-order valence-corrected chi connectivity index (χ2v) is 9.05. The van der Waals surface area contributed by atoms with Crippen LogP contribution in [-0.2, 0) is 9.59 Å². The number of hydrogen-bond acceptors (Lipinski definition) is 2. The van der Waals surface area contributed by atoms with Gasteiger partial charge >= 0.3 is 0 Å². The normalized spacial score (nSPS) is 49.0. The molecule has 0 bridgehead atoms. The van der Waals surface area contributed by atoms with Crippen molar-refractivity contribution in [1.82, 2.24) is 0 Å². The number of primary amides is 1. The number of carbonyl (C=O) groups excluding carboxylic acids is 2. The van der Waals surface area contributed by atoms with Crippen molar-refractivity contribution in [2.24, 2.45) is 40.2 Å². The van der Waals surface area contributed by atoms with E-state index in [4.69, 9.17) is 5.73 Å². The maximum Gasteiger partial charge on any atom is 0.221 e. The van der Waals surface area contributed by atoms with Crippen LogP contribution in [0.1, 0.15) is 65.2 Å². The van der Waals surface area contributed by atoms with Gasteiger partial charge in [-0.25, -0.2) is 0 Å². The Labute approximate surface area is 139 Å². The molecule has 0 radical (unpaired) electrons. The van der Waals surface area contributed by atoms with E-state index in [2.05, 4.69) is 19.9 Å². The molecule has 0 aromatic heterocycles. The fourth-order valence-electron chi connectivity index (χ4n) is 6.94. The number of fused-ring (bicyclic) bond motifs is 5. The molecule has 4 aliphatic rings. The van der Waals surface area contributed by atoms with Crippen molar-refractivity contribution in [3.05, 3.63) is 11.6 Å². The van der Waals surface area contributed by atoms with Crippen LogP contribution in [0.5, 0.6) is 0 Å². The molecule has 4 aliphatic carbocycles. The highest BCUT2D eigenvalue weighted by molar-refractivity contribution is 5.82. The Bertz CT molecular complexity index is 594. The molecule has 0 aliphatic heterocycles. The van der Waals surface area contributed by atoms with Crippen LogP contribution in [0.4, 0.5) is 0 Å². The minimum absolute atomic E-state index is 0.0690. The topological polar surface area (TPSA) is 60.2 Å². The standard InChI is InChI=1S/C20H29NO2/c1-19-9-7-13(22)11-12(19)3-4-14-15-5-6-17(18(21)23)20(15,2)10-8-16(14)19/h3,14-17H,4-11H2,1-2H3,(H2,21,23)/t14?,15?,16?,17-,19+,20+/m1/s1. The first-order chi connectivity index (χ1) is 10.9. The predicted octanol–water partition coefficient (Wildman–Crippen LogP) is 3.62. The fraction of sp³-hybridized carbons (Fsp3) is 0.800. The molecule has 3 unspecified atom stereocenters. The Kier molecular flexibility index (Phi) is 3.31. The molecule has 23 heavy (non-hydrogen) atoms. The molecule has 0 spiro atoms. The average Bonchev–Trinajstić information content (AvgIpc) is 2.85. The van der Waals surface area contributed by atoms with Crippen molar-refractivity contribution in [3.63, 3.8) is 0 Å². The SMILES string of the molecule is C[C@]12CCC(=O)CC1=CCC1C2CC[C@@]2(C)C1CC[C@@H]2C(N)=O. The van der Waals surface area contributed by atoms with E-state index in [9.17, 15) is 9.59 Å². The summed E-state index contributed by atoms with van der Waals surface area (Å²) < 4.78 is 0. The second kappa shape index (κ2) is 4.94. The van der Waals surface area contributed by atoms with Gasteiger partial charge in [0.25, 0.3) is 0 Å². The molecule has 6 atom stereocenters. The van der Waals surface area contributed by atoms with E-state index in [1.165, 1.54) is 12.0 Å². The number of Topliss-reactive ketones (excluding diaryl/α,β-unsaturated/α-hetero) is 1. The van der Waals surface area contributed by atoms with E-state index in [1.54, 1.807) is 0 Å². The number of amides is 1. The predicted molar refractivity (Wildman–Crippen MR) is 89.4 cm³/mol. The third-order valence-electron chi connectivity index (χ3n) is 8.28. The maximum atomic E-state index is 11.9. The Hall–Kier alpha value is -1.12. The second-order valence-electron chi connectivity index (χ2n) is 9.05. The molecule has 3 saturated carbocycles. The summed E-state index contributed by atoms with van der Waals surface area (Å²) >= 11 is 0. The third-order valence-corrected chi connectivity index (χ3v) is 8.28. The summed E-state index contributed by atoms with van der Waals surface area (Å²) in [6.45, 7) is 4.73. The van der Waals surface area contributed by atoms with Crippen LogP contribution in [0.15, 0.2) is 11.6 Å². The van der Waals surface area contributed by atoms with Crippen molar-refractivity contribution in [1.29, 1.82) is 0 Å². The monoisotopic (exact) mass is 315 g/mol. The lowest BCUT2D eigenvalue weighted by atomic mass is 9.47. The average molecular weight is 315 g/mol. The van der Waals surface area contributed by atoms with Gasteiger partial charge in [0.2, 0.25) is 5.91 Å². The van der Waals surface area contributed by atoms with Gasteiger partial charge in [-0.3, -0.25) is 9.59 Å². The van der Waals surface area contributed by atoms with Crippen molar-refractivity contribution in [3.8, 4) is 0 Å². The highest BCUT2D eigenvalue weighted by atomic mass is 16.1. The highest BCUT2D eigenvalue weighted by Gasteiger charge is 2.59. The fourth-order valence-corrected chi connectivity index (χ4v) is 6.94. The molecule has 2 N–H and O–H groups in total. The van der Waals surface area contributed by atoms with Crippen molar-refractivity contribution < 1.29 is 9.59 Å². The van der Waals surface area contributed by atoms with Crippen LogP contribution in [0, 0.1) is 34.5 Å². The lowest BCUT2D eigenvalue weighted by Gasteiger charge is -2.57. The minimum Gasteiger partial charge on any atom is -0.369 e. The van der Waals surface area contributed by atoms with Crippen LogP contribution < -0.4 is 5.73 Å². The number of hydrogen-bond donors (Lipinski definition) is 1. The van der Waals surface area contributed by atoms with Crippen LogP contribution >= 0.6 is 0 Å². The van der Waals surface area contributed by atoms with Crippen molar-refractivity contribution >= 4 is 11.7 Å². The van der Waals surface area contributed by atoms with Crippen LogP contribution in [0.2, 0.25) is 0 Å². The Morgan fingerprint density at radius 2 is 1.96 bits per heavy atom. The first kappa shape index (κ1) is 15.4. The first-order valence-corrected chi connectivity index (χ1v) is 9.37. The Morgan fingerprint density at radius 3 is 2.70 bits per heavy atom. The number of carbonyl (C=O) groups is 2. The van der Waals surface area contributed by atoms with Gasteiger partial charge in [0.1, 0.15) is 5.78 Å². The molecule has 0 saturated heterocycles. The van der Waals surface area contributed by atoms with Crippen LogP contribution in [0.25, 0.3) is 0 Å². The van der Waals surface area contributed by atoms with Gasteiger partial charge in [-0.05, 0) is 67.1 Å². The van der Waals surface area contributed by atoms with E-state index in [0.717, 1.165) is 38.5 Å². The largest absolute Gasteiger partial charge is 0.369 e. The van der Waals surface area contributed by atoms with Gasteiger partial charge in [0.15, 0.2) is 0 Å². The molecule has 0 aromatic carbocycles. The first-order valence-electron chi connectivity index (χ1n) is 9.37. The summed E-state index contributed by atoms with van der Waals surface area (Å²) in [6.07, 6.45) is 10.4. The van der Waals surface area contributed by atoms with Gasteiger partial charge in [0.05, 0.1) is 0 Å².